The molecule has 0 aliphatic carbocycles. The van der Waals surface area contributed by atoms with Gasteiger partial charge in [0.15, 0.2) is 0 Å². The zero-order valence-corrected chi connectivity index (χ0v) is 13.8. The summed E-state index contributed by atoms with van der Waals surface area (Å²) in [6.07, 6.45) is 0. The van der Waals surface area contributed by atoms with E-state index in [0.29, 0.717) is 48.1 Å². The van der Waals surface area contributed by atoms with Crippen LogP contribution >= 0.6 is 11.6 Å². The lowest BCUT2D eigenvalue weighted by Crippen LogP contribution is -2.40. The highest BCUT2D eigenvalue weighted by Gasteiger charge is 2.19. The monoisotopic (exact) mass is 344 g/mol. The summed E-state index contributed by atoms with van der Waals surface area (Å²) in [4.78, 5) is 26.6. The molecule has 1 aliphatic heterocycles. The first-order valence-electron chi connectivity index (χ1n) is 7.68. The fraction of sp³-hybridized carbons (Fsp3) is 0.222. The molecule has 1 heterocycles. The molecule has 6 heteroatoms. The largest absolute Gasteiger partial charge is 0.378 e. The number of benzene rings is 2. The third-order valence-electron chi connectivity index (χ3n) is 3.79. The van der Waals surface area contributed by atoms with Crippen LogP contribution < -0.4 is 5.32 Å². The normalized spacial score (nSPS) is 14.3. The molecule has 124 valence electrons. The van der Waals surface area contributed by atoms with Crippen molar-refractivity contribution in [3.8, 4) is 0 Å². The van der Waals surface area contributed by atoms with Gasteiger partial charge in [-0.15, -0.1) is 0 Å². The van der Waals surface area contributed by atoms with Crippen molar-refractivity contribution in [1.82, 2.24) is 4.90 Å². The lowest BCUT2D eigenvalue weighted by Gasteiger charge is -2.27. The van der Waals surface area contributed by atoms with E-state index in [4.69, 9.17) is 16.3 Å². The Bertz CT molecular complexity index is 757. The van der Waals surface area contributed by atoms with E-state index in [1.54, 1.807) is 53.4 Å². The predicted molar refractivity (Wildman–Crippen MR) is 92.6 cm³/mol. The van der Waals surface area contributed by atoms with Crippen LogP contribution in [-0.4, -0.2) is 43.0 Å². The van der Waals surface area contributed by atoms with E-state index >= 15 is 0 Å². The highest BCUT2D eigenvalue weighted by molar-refractivity contribution is 6.33. The summed E-state index contributed by atoms with van der Waals surface area (Å²) in [5.41, 5.74) is 1.44. The number of anilines is 1. The first-order chi connectivity index (χ1) is 11.6. The molecule has 1 fully saturated rings. The Morgan fingerprint density at radius 2 is 1.71 bits per heavy atom. The van der Waals surface area contributed by atoms with Crippen LogP contribution in [0.2, 0.25) is 5.02 Å². The van der Waals surface area contributed by atoms with Gasteiger partial charge in [0, 0.05) is 24.2 Å². The molecule has 3 rings (SSSR count). The molecule has 2 amide bonds. The van der Waals surface area contributed by atoms with Crippen molar-refractivity contribution < 1.29 is 14.3 Å². The second-order valence-electron chi connectivity index (χ2n) is 5.42. The molecule has 0 spiro atoms. The van der Waals surface area contributed by atoms with E-state index in [9.17, 15) is 9.59 Å². The lowest BCUT2D eigenvalue weighted by atomic mass is 10.1. The van der Waals surface area contributed by atoms with Gasteiger partial charge in [-0.1, -0.05) is 29.8 Å². The number of halogens is 1. The molecule has 2 aromatic rings. The van der Waals surface area contributed by atoms with Crippen molar-refractivity contribution >= 4 is 29.1 Å². The van der Waals surface area contributed by atoms with Gasteiger partial charge in [0.25, 0.3) is 11.8 Å². The Hall–Kier alpha value is -2.37. The summed E-state index contributed by atoms with van der Waals surface area (Å²) in [6, 6.07) is 13.7. The standard InChI is InChI=1S/C18H17ClN2O3/c19-15-6-1-2-7-16(15)20-17(22)13-4-3-5-14(12-13)18(23)21-8-10-24-11-9-21/h1-7,12H,8-11H2,(H,20,22). The van der Waals surface area contributed by atoms with Crippen LogP contribution in [0.5, 0.6) is 0 Å². The molecule has 2 aromatic carbocycles. The van der Waals surface area contributed by atoms with Gasteiger partial charge in [-0.3, -0.25) is 9.59 Å². The van der Waals surface area contributed by atoms with E-state index in [1.165, 1.54) is 0 Å². The number of rotatable bonds is 3. The Balaban J connectivity index is 1.76. The Morgan fingerprint density at radius 3 is 2.46 bits per heavy atom. The quantitative estimate of drug-likeness (QED) is 0.931. The van der Waals surface area contributed by atoms with Gasteiger partial charge in [-0.2, -0.15) is 0 Å². The summed E-state index contributed by atoms with van der Waals surface area (Å²) >= 11 is 6.05. The number of nitrogens with one attached hydrogen (secondary N) is 1. The summed E-state index contributed by atoms with van der Waals surface area (Å²) in [5.74, 6) is -0.398. The maximum absolute atomic E-state index is 12.5. The fourth-order valence-electron chi connectivity index (χ4n) is 2.50. The number of hydrogen-bond acceptors (Lipinski definition) is 3. The second kappa shape index (κ2) is 7.47. The number of hydrogen-bond donors (Lipinski definition) is 1. The predicted octanol–water partition coefficient (Wildman–Crippen LogP) is 3.06. The number of para-hydroxylation sites is 1. The topological polar surface area (TPSA) is 58.6 Å². The van der Waals surface area contributed by atoms with Crippen molar-refractivity contribution in [2.45, 2.75) is 0 Å². The summed E-state index contributed by atoms with van der Waals surface area (Å²) in [5, 5.41) is 3.22. The molecule has 0 unspecified atom stereocenters. The number of nitrogens with zero attached hydrogens (tertiary/aromatic N) is 1. The molecule has 1 saturated heterocycles. The third kappa shape index (κ3) is 3.75. The minimum absolute atomic E-state index is 0.0920. The molecule has 5 nitrogen and oxygen atoms in total. The third-order valence-corrected chi connectivity index (χ3v) is 4.12. The van der Waals surface area contributed by atoms with Crippen LogP contribution in [0.15, 0.2) is 48.5 Å². The first-order valence-corrected chi connectivity index (χ1v) is 8.06. The van der Waals surface area contributed by atoms with E-state index < -0.39 is 0 Å². The molecular weight excluding hydrogens is 328 g/mol. The van der Waals surface area contributed by atoms with Crippen LogP contribution in [0.25, 0.3) is 0 Å². The van der Waals surface area contributed by atoms with E-state index in [1.807, 2.05) is 0 Å². The van der Waals surface area contributed by atoms with Gasteiger partial charge >= 0.3 is 0 Å². The molecule has 0 radical (unpaired) electrons. The van der Waals surface area contributed by atoms with Crippen molar-refractivity contribution in [2.24, 2.45) is 0 Å². The van der Waals surface area contributed by atoms with Crippen molar-refractivity contribution in [3.63, 3.8) is 0 Å². The number of ether oxygens (including phenoxy) is 1. The molecule has 1 aliphatic rings. The molecule has 0 bridgehead atoms. The minimum atomic E-state index is -0.306. The number of carbonyl (C=O) groups is 2. The average Bonchev–Trinajstić information content (AvgIpc) is 2.64. The number of amides is 2. The van der Waals surface area contributed by atoms with Gasteiger partial charge in [-0.05, 0) is 30.3 Å². The van der Waals surface area contributed by atoms with Crippen LogP contribution in [0.1, 0.15) is 20.7 Å². The summed E-state index contributed by atoms with van der Waals surface area (Å²) < 4.78 is 5.25. The second-order valence-corrected chi connectivity index (χ2v) is 5.83. The van der Waals surface area contributed by atoms with Gasteiger partial charge in [-0.25, -0.2) is 0 Å². The fourth-order valence-corrected chi connectivity index (χ4v) is 2.68. The molecule has 24 heavy (non-hydrogen) atoms. The molecular formula is C18H17ClN2O3. The van der Waals surface area contributed by atoms with Gasteiger partial charge in [0.05, 0.1) is 23.9 Å². The highest BCUT2D eigenvalue weighted by Crippen LogP contribution is 2.21. The molecule has 0 aromatic heterocycles. The number of carbonyl (C=O) groups excluding carboxylic acids is 2. The SMILES string of the molecule is O=C(Nc1ccccc1Cl)c1cccc(C(=O)N2CCOCC2)c1. The van der Waals surface area contributed by atoms with Crippen LogP contribution in [0.3, 0.4) is 0 Å². The van der Waals surface area contributed by atoms with E-state index in [2.05, 4.69) is 5.32 Å². The average molecular weight is 345 g/mol. The molecule has 0 saturated carbocycles. The van der Waals surface area contributed by atoms with E-state index in [0.717, 1.165) is 0 Å². The van der Waals surface area contributed by atoms with Gasteiger partial charge in [0.2, 0.25) is 0 Å². The van der Waals surface area contributed by atoms with Gasteiger partial charge < -0.3 is 15.0 Å². The highest BCUT2D eigenvalue weighted by atomic mass is 35.5. The maximum atomic E-state index is 12.5. The van der Waals surface area contributed by atoms with Gasteiger partial charge in [0.1, 0.15) is 0 Å². The lowest BCUT2D eigenvalue weighted by molar-refractivity contribution is 0.0303. The van der Waals surface area contributed by atoms with Crippen LogP contribution in [0.4, 0.5) is 5.69 Å². The molecule has 0 atom stereocenters. The maximum Gasteiger partial charge on any atom is 0.255 e. The van der Waals surface area contributed by atoms with Crippen molar-refractivity contribution in [3.05, 3.63) is 64.7 Å². The van der Waals surface area contributed by atoms with Crippen molar-refractivity contribution in [2.75, 3.05) is 31.6 Å². The zero-order valence-electron chi connectivity index (χ0n) is 13.0. The Labute approximate surface area is 145 Å². The first kappa shape index (κ1) is 16.5. The molecule has 1 N–H and O–H groups in total. The number of morpholine rings is 1. The Morgan fingerprint density at radius 1 is 1.00 bits per heavy atom. The van der Waals surface area contributed by atoms with E-state index in [-0.39, 0.29) is 11.8 Å². The smallest absolute Gasteiger partial charge is 0.255 e. The summed E-state index contributed by atoms with van der Waals surface area (Å²) in [7, 11) is 0. The summed E-state index contributed by atoms with van der Waals surface area (Å²) in [6.45, 7) is 2.21. The minimum Gasteiger partial charge on any atom is -0.378 e. The van der Waals surface area contributed by atoms with Crippen molar-refractivity contribution in [1.29, 1.82) is 0 Å². The van der Waals surface area contributed by atoms with Crippen LogP contribution in [0, 0.1) is 0 Å². The Kier molecular flexibility index (Phi) is 5.13. The zero-order chi connectivity index (χ0) is 16.9. The van der Waals surface area contributed by atoms with Crippen LogP contribution in [-0.2, 0) is 4.74 Å².